The van der Waals surface area contributed by atoms with Crippen LogP contribution in [-0.4, -0.2) is 5.91 Å². The van der Waals surface area contributed by atoms with Gasteiger partial charge in [0.05, 0.1) is 5.56 Å². The van der Waals surface area contributed by atoms with Crippen molar-refractivity contribution in [3.63, 3.8) is 0 Å². The zero-order valence-electron chi connectivity index (χ0n) is 10.1. The van der Waals surface area contributed by atoms with E-state index in [2.05, 4.69) is 43.8 Å². The van der Waals surface area contributed by atoms with Crippen LogP contribution in [0.2, 0.25) is 5.02 Å². The second kappa shape index (κ2) is 6.87. The Morgan fingerprint density at radius 3 is 2.80 bits per heavy atom. The summed E-state index contributed by atoms with van der Waals surface area (Å²) in [6.45, 7) is 0.236. The molecule has 0 heterocycles. The number of amides is 1. The van der Waals surface area contributed by atoms with Gasteiger partial charge in [-0.3, -0.25) is 4.79 Å². The van der Waals surface area contributed by atoms with E-state index in [1.807, 2.05) is 0 Å². The Bertz CT molecular complexity index is 666. The number of hydrogen-bond acceptors (Lipinski definition) is 1. The number of halogens is 4. The molecular formula is C14H9BrClFINO. The first-order valence-electron chi connectivity index (χ1n) is 5.64. The third kappa shape index (κ3) is 3.93. The zero-order chi connectivity index (χ0) is 14.7. The maximum Gasteiger partial charge on any atom is 0.252 e. The Morgan fingerprint density at radius 2 is 2.05 bits per heavy atom. The maximum absolute atomic E-state index is 13.2. The summed E-state index contributed by atoms with van der Waals surface area (Å²) in [4.78, 5) is 12.1. The second-order valence-electron chi connectivity index (χ2n) is 4.04. The number of carbonyl (C=O) groups is 1. The highest BCUT2D eigenvalue weighted by molar-refractivity contribution is 14.1. The minimum Gasteiger partial charge on any atom is -0.348 e. The maximum atomic E-state index is 13.2. The van der Waals surface area contributed by atoms with E-state index in [0.29, 0.717) is 16.1 Å². The Morgan fingerprint density at radius 1 is 1.30 bits per heavy atom. The van der Waals surface area contributed by atoms with Gasteiger partial charge in [0.1, 0.15) is 5.82 Å². The van der Waals surface area contributed by atoms with Gasteiger partial charge in [0.25, 0.3) is 5.91 Å². The molecule has 0 fully saturated rings. The number of benzene rings is 2. The van der Waals surface area contributed by atoms with Gasteiger partial charge >= 0.3 is 0 Å². The lowest BCUT2D eigenvalue weighted by atomic mass is 10.2. The third-order valence-corrected chi connectivity index (χ3v) is 4.57. The molecule has 2 rings (SSSR count). The van der Waals surface area contributed by atoms with Gasteiger partial charge in [-0.15, -0.1) is 0 Å². The molecule has 0 radical (unpaired) electrons. The molecule has 1 amide bonds. The van der Waals surface area contributed by atoms with E-state index in [9.17, 15) is 9.18 Å². The average molecular weight is 468 g/mol. The Hall–Kier alpha value is -0.660. The van der Waals surface area contributed by atoms with Gasteiger partial charge in [0, 0.05) is 19.6 Å². The summed E-state index contributed by atoms with van der Waals surface area (Å²) < 4.78 is 14.7. The summed E-state index contributed by atoms with van der Waals surface area (Å²) in [6, 6.07) is 9.46. The van der Waals surface area contributed by atoms with Crippen molar-refractivity contribution >= 4 is 56.0 Å². The summed E-state index contributed by atoms with van der Waals surface area (Å²) in [5.74, 6) is -0.581. The summed E-state index contributed by atoms with van der Waals surface area (Å²) >= 11 is 11.3. The molecule has 0 saturated carbocycles. The van der Waals surface area contributed by atoms with Crippen LogP contribution in [0.1, 0.15) is 15.9 Å². The molecule has 20 heavy (non-hydrogen) atoms. The number of nitrogens with one attached hydrogen (secondary N) is 1. The highest BCUT2D eigenvalue weighted by Crippen LogP contribution is 2.20. The summed E-state index contributed by atoms with van der Waals surface area (Å²) in [6.07, 6.45) is 0. The molecule has 0 aromatic heterocycles. The van der Waals surface area contributed by atoms with Crippen LogP contribution < -0.4 is 5.32 Å². The van der Waals surface area contributed by atoms with Crippen molar-refractivity contribution in [1.29, 1.82) is 0 Å². The van der Waals surface area contributed by atoms with Crippen LogP contribution in [0.4, 0.5) is 4.39 Å². The van der Waals surface area contributed by atoms with Crippen LogP contribution in [0, 0.1) is 9.39 Å². The fourth-order valence-electron chi connectivity index (χ4n) is 1.62. The lowest BCUT2D eigenvalue weighted by Gasteiger charge is -2.09. The van der Waals surface area contributed by atoms with Gasteiger partial charge in [0.15, 0.2) is 0 Å². The smallest absolute Gasteiger partial charge is 0.252 e. The molecule has 104 valence electrons. The normalized spacial score (nSPS) is 10.4. The molecule has 2 nitrogen and oxygen atoms in total. The first-order chi connectivity index (χ1) is 9.47. The van der Waals surface area contributed by atoms with E-state index in [0.717, 1.165) is 8.04 Å². The summed E-state index contributed by atoms with van der Waals surface area (Å²) in [5, 5.41) is 3.25. The quantitative estimate of drug-likeness (QED) is 0.646. The Balaban J connectivity index is 2.12. The predicted octanol–water partition coefficient (Wildman–Crippen LogP) is 4.78. The molecule has 0 unspecified atom stereocenters. The third-order valence-electron chi connectivity index (χ3n) is 2.62. The number of hydrogen-bond donors (Lipinski definition) is 1. The van der Waals surface area contributed by atoms with Crippen LogP contribution in [0.15, 0.2) is 40.9 Å². The van der Waals surface area contributed by atoms with E-state index in [-0.39, 0.29) is 18.3 Å². The molecular weight excluding hydrogens is 459 g/mol. The predicted molar refractivity (Wildman–Crippen MR) is 89.4 cm³/mol. The van der Waals surface area contributed by atoms with E-state index in [1.54, 1.807) is 24.3 Å². The highest BCUT2D eigenvalue weighted by Gasteiger charge is 2.11. The monoisotopic (exact) mass is 467 g/mol. The Labute approximate surface area is 143 Å². The fraction of sp³-hybridized carbons (Fsp3) is 0.0714. The molecule has 0 aliphatic heterocycles. The van der Waals surface area contributed by atoms with E-state index in [1.165, 1.54) is 12.1 Å². The van der Waals surface area contributed by atoms with Crippen LogP contribution in [-0.2, 0) is 6.54 Å². The summed E-state index contributed by atoms with van der Waals surface area (Å²) in [7, 11) is 0. The van der Waals surface area contributed by atoms with Gasteiger partial charge in [-0.05, 0) is 64.6 Å². The van der Waals surface area contributed by atoms with Crippen molar-refractivity contribution in [2.45, 2.75) is 6.54 Å². The molecule has 2 aromatic carbocycles. The van der Waals surface area contributed by atoms with Gasteiger partial charge in [-0.1, -0.05) is 27.5 Å². The fourth-order valence-corrected chi connectivity index (χ4v) is 2.76. The molecule has 0 spiro atoms. The number of rotatable bonds is 3. The average Bonchev–Trinajstić information content (AvgIpc) is 2.42. The van der Waals surface area contributed by atoms with Crippen molar-refractivity contribution in [1.82, 2.24) is 5.32 Å². The van der Waals surface area contributed by atoms with E-state index < -0.39 is 0 Å². The lowest BCUT2D eigenvalue weighted by Crippen LogP contribution is -2.24. The van der Waals surface area contributed by atoms with E-state index >= 15 is 0 Å². The SMILES string of the molecule is O=C(NCc1cc(F)ccc1Br)c1cc(Cl)ccc1I. The molecule has 0 bridgehead atoms. The van der Waals surface area contributed by atoms with Gasteiger partial charge in [0.2, 0.25) is 0 Å². The van der Waals surface area contributed by atoms with Crippen molar-refractivity contribution in [3.05, 3.63) is 66.4 Å². The zero-order valence-corrected chi connectivity index (χ0v) is 14.6. The Kier molecular flexibility index (Phi) is 5.40. The molecule has 0 aliphatic rings. The standard InChI is InChI=1S/C14H9BrClFINO/c15-12-3-2-10(17)5-8(12)7-19-14(20)11-6-9(16)1-4-13(11)18/h1-6H,7H2,(H,19,20). The van der Waals surface area contributed by atoms with Crippen LogP contribution >= 0.6 is 50.1 Å². The molecule has 0 atom stereocenters. The van der Waals surface area contributed by atoms with Gasteiger partial charge in [-0.2, -0.15) is 0 Å². The second-order valence-corrected chi connectivity index (χ2v) is 6.50. The molecule has 1 N–H and O–H groups in total. The van der Waals surface area contributed by atoms with Crippen molar-refractivity contribution in [2.24, 2.45) is 0 Å². The first kappa shape index (κ1) is 15.7. The van der Waals surface area contributed by atoms with Crippen LogP contribution in [0.5, 0.6) is 0 Å². The topological polar surface area (TPSA) is 29.1 Å². The largest absolute Gasteiger partial charge is 0.348 e. The van der Waals surface area contributed by atoms with Gasteiger partial charge in [-0.25, -0.2) is 4.39 Å². The van der Waals surface area contributed by atoms with Gasteiger partial charge < -0.3 is 5.32 Å². The first-order valence-corrected chi connectivity index (χ1v) is 7.89. The van der Waals surface area contributed by atoms with Crippen molar-refractivity contribution < 1.29 is 9.18 Å². The molecule has 0 aliphatic carbocycles. The number of carbonyl (C=O) groups excluding carboxylic acids is 1. The molecule has 0 saturated heterocycles. The van der Waals surface area contributed by atoms with E-state index in [4.69, 9.17) is 11.6 Å². The van der Waals surface area contributed by atoms with Crippen LogP contribution in [0.3, 0.4) is 0 Å². The van der Waals surface area contributed by atoms with Crippen molar-refractivity contribution in [3.8, 4) is 0 Å². The lowest BCUT2D eigenvalue weighted by molar-refractivity contribution is 0.0950. The summed E-state index contributed by atoms with van der Waals surface area (Å²) in [5.41, 5.74) is 1.18. The molecule has 2 aromatic rings. The van der Waals surface area contributed by atoms with Crippen molar-refractivity contribution in [2.75, 3.05) is 0 Å². The minimum atomic E-state index is -0.338. The molecule has 6 heteroatoms. The minimum absolute atomic E-state index is 0.236. The van der Waals surface area contributed by atoms with Crippen LogP contribution in [0.25, 0.3) is 0 Å². The highest BCUT2D eigenvalue weighted by atomic mass is 127.